The lowest BCUT2D eigenvalue weighted by Gasteiger charge is -2.35. The average Bonchev–Trinajstić information content (AvgIpc) is 2.47. The van der Waals surface area contributed by atoms with Crippen LogP contribution in [0, 0.1) is 11.3 Å². The van der Waals surface area contributed by atoms with Gasteiger partial charge in [-0.15, -0.1) is 11.8 Å². The van der Waals surface area contributed by atoms with Crippen LogP contribution in [0.5, 0.6) is 0 Å². The standard InChI is InChI=1S/C15H23N3OS/c1-20-13-6-2-5-12(14(13)15(16)17)18-8-3-4-11(10-18)7-9-19/h2,5-6,11,19H,3-4,7-10H2,1H3,(H3,16,17). The molecule has 4 N–H and O–H groups in total. The van der Waals surface area contributed by atoms with Crippen LogP contribution >= 0.6 is 11.8 Å². The first-order chi connectivity index (χ1) is 9.67. The van der Waals surface area contributed by atoms with Gasteiger partial charge in [-0.1, -0.05) is 6.07 Å². The quantitative estimate of drug-likeness (QED) is 0.442. The van der Waals surface area contributed by atoms with Crippen LogP contribution in [-0.2, 0) is 0 Å². The second-order valence-corrected chi connectivity index (χ2v) is 6.08. The summed E-state index contributed by atoms with van der Waals surface area (Å²) in [7, 11) is 0. The Bertz CT molecular complexity index is 476. The molecule has 0 aromatic heterocycles. The fourth-order valence-electron chi connectivity index (χ4n) is 2.93. The van der Waals surface area contributed by atoms with Crippen LogP contribution in [-0.4, -0.2) is 36.9 Å². The Kier molecular flexibility index (Phi) is 5.31. The minimum absolute atomic E-state index is 0.134. The van der Waals surface area contributed by atoms with E-state index in [0.29, 0.717) is 5.92 Å². The summed E-state index contributed by atoms with van der Waals surface area (Å²) in [4.78, 5) is 3.37. The zero-order valence-corrected chi connectivity index (χ0v) is 12.7. The molecule has 1 aromatic carbocycles. The van der Waals surface area contributed by atoms with Gasteiger partial charge in [0.05, 0.1) is 5.56 Å². The van der Waals surface area contributed by atoms with Gasteiger partial charge in [0.1, 0.15) is 5.84 Å². The molecule has 1 unspecified atom stereocenters. The van der Waals surface area contributed by atoms with Crippen molar-refractivity contribution >= 4 is 23.3 Å². The maximum atomic E-state index is 9.12. The molecule has 110 valence electrons. The first kappa shape index (κ1) is 15.2. The maximum Gasteiger partial charge on any atom is 0.126 e. The highest BCUT2D eigenvalue weighted by molar-refractivity contribution is 7.98. The van der Waals surface area contributed by atoms with Crippen LogP contribution in [0.25, 0.3) is 0 Å². The van der Waals surface area contributed by atoms with E-state index in [1.165, 1.54) is 6.42 Å². The SMILES string of the molecule is CSc1cccc(N2CCCC(CCO)C2)c1C(=N)N. The van der Waals surface area contributed by atoms with Gasteiger partial charge < -0.3 is 15.7 Å². The zero-order valence-electron chi connectivity index (χ0n) is 11.9. The normalized spacial score (nSPS) is 19.1. The number of benzene rings is 1. The van der Waals surface area contributed by atoms with Crippen molar-refractivity contribution in [2.45, 2.75) is 24.2 Å². The number of aliphatic hydroxyl groups excluding tert-OH is 1. The van der Waals surface area contributed by atoms with E-state index in [-0.39, 0.29) is 12.4 Å². The van der Waals surface area contributed by atoms with Crippen molar-refractivity contribution in [3.05, 3.63) is 23.8 Å². The van der Waals surface area contributed by atoms with Gasteiger partial charge in [0, 0.05) is 30.3 Å². The second-order valence-electron chi connectivity index (χ2n) is 5.23. The lowest BCUT2D eigenvalue weighted by atomic mass is 9.94. The summed E-state index contributed by atoms with van der Waals surface area (Å²) in [6.07, 6.45) is 5.17. The number of aliphatic hydroxyl groups is 1. The van der Waals surface area contributed by atoms with Crippen LogP contribution in [0.15, 0.2) is 23.1 Å². The predicted octanol–water partition coefficient (Wildman–Crippen LogP) is 2.29. The van der Waals surface area contributed by atoms with Crippen LogP contribution in [0.2, 0.25) is 0 Å². The third-order valence-electron chi connectivity index (χ3n) is 3.89. The van der Waals surface area contributed by atoms with Crippen molar-refractivity contribution in [1.29, 1.82) is 5.41 Å². The summed E-state index contributed by atoms with van der Waals surface area (Å²) >= 11 is 1.63. The summed E-state index contributed by atoms with van der Waals surface area (Å²) in [6.45, 7) is 2.20. The third-order valence-corrected chi connectivity index (χ3v) is 4.67. The van der Waals surface area contributed by atoms with E-state index in [9.17, 15) is 0 Å². The third kappa shape index (κ3) is 3.27. The molecule has 1 aliphatic heterocycles. The molecule has 1 atom stereocenters. The number of nitrogens with one attached hydrogen (secondary N) is 1. The highest BCUT2D eigenvalue weighted by Crippen LogP contribution is 2.32. The summed E-state index contributed by atoms with van der Waals surface area (Å²) < 4.78 is 0. The van der Waals surface area contributed by atoms with Crippen LogP contribution in [0.3, 0.4) is 0 Å². The van der Waals surface area contributed by atoms with Crippen LogP contribution < -0.4 is 10.6 Å². The van der Waals surface area contributed by atoms with E-state index < -0.39 is 0 Å². The van der Waals surface area contributed by atoms with E-state index in [4.69, 9.17) is 16.2 Å². The molecule has 0 spiro atoms. The number of nitrogen functional groups attached to an aromatic ring is 1. The molecule has 1 aromatic rings. The molecule has 0 radical (unpaired) electrons. The molecule has 0 amide bonds. The summed E-state index contributed by atoms with van der Waals surface area (Å²) in [5, 5.41) is 17.0. The Morgan fingerprint density at radius 3 is 3.00 bits per heavy atom. The Morgan fingerprint density at radius 2 is 2.35 bits per heavy atom. The summed E-state index contributed by atoms with van der Waals surface area (Å²) in [5.41, 5.74) is 7.71. The number of nitrogens with two attached hydrogens (primary N) is 1. The largest absolute Gasteiger partial charge is 0.396 e. The van der Waals surface area contributed by atoms with Crippen molar-refractivity contribution in [2.24, 2.45) is 11.7 Å². The van der Waals surface area contributed by atoms with E-state index in [1.54, 1.807) is 11.8 Å². The number of thioether (sulfide) groups is 1. The number of anilines is 1. The highest BCUT2D eigenvalue weighted by atomic mass is 32.2. The zero-order chi connectivity index (χ0) is 14.5. The Morgan fingerprint density at radius 1 is 1.55 bits per heavy atom. The van der Waals surface area contributed by atoms with Crippen molar-refractivity contribution in [3.63, 3.8) is 0 Å². The lowest BCUT2D eigenvalue weighted by molar-refractivity contribution is 0.244. The number of amidine groups is 1. The van der Waals surface area contributed by atoms with Crippen LogP contribution in [0.1, 0.15) is 24.8 Å². The van der Waals surface area contributed by atoms with Gasteiger partial charge in [0.25, 0.3) is 0 Å². The number of piperidine rings is 1. The van der Waals surface area contributed by atoms with Crippen molar-refractivity contribution < 1.29 is 5.11 Å². The minimum Gasteiger partial charge on any atom is -0.396 e. The fraction of sp³-hybridized carbons (Fsp3) is 0.533. The van der Waals surface area contributed by atoms with Gasteiger partial charge in [-0.2, -0.15) is 0 Å². The first-order valence-electron chi connectivity index (χ1n) is 7.04. The maximum absolute atomic E-state index is 9.12. The van der Waals surface area contributed by atoms with E-state index in [1.807, 2.05) is 18.4 Å². The Labute approximate surface area is 124 Å². The van der Waals surface area contributed by atoms with E-state index in [0.717, 1.165) is 42.1 Å². The van der Waals surface area contributed by atoms with Crippen molar-refractivity contribution in [3.8, 4) is 0 Å². The fourth-order valence-corrected chi connectivity index (χ4v) is 3.56. The Balaban J connectivity index is 2.29. The number of hydrogen-bond acceptors (Lipinski definition) is 4. The van der Waals surface area contributed by atoms with Gasteiger partial charge >= 0.3 is 0 Å². The summed E-state index contributed by atoms with van der Waals surface area (Å²) in [5.74, 6) is 0.667. The summed E-state index contributed by atoms with van der Waals surface area (Å²) in [6, 6.07) is 6.10. The average molecular weight is 293 g/mol. The molecule has 5 heteroatoms. The first-order valence-corrected chi connectivity index (χ1v) is 8.27. The second kappa shape index (κ2) is 6.99. The molecule has 0 aliphatic carbocycles. The van der Waals surface area contributed by atoms with Gasteiger partial charge in [0.15, 0.2) is 0 Å². The number of nitrogens with zero attached hydrogens (tertiary/aromatic N) is 1. The topological polar surface area (TPSA) is 73.3 Å². The smallest absolute Gasteiger partial charge is 0.126 e. The van der Waals surface area contributed by atoms with Gasteiger partial charge in [-0.25, -0.2) is 0 Å². The van der Waals surface area contributed by atoms with Crippen LogP contribution in [0.4, 0.5) is 5.69 Å². The van der Waals surface area contributed by atoms with Crippen molar-refractivity contribution in [1.82, 2.24) is 0 Å². The molecule has 1 fully saturated rings. The minimum atomic E-state index is 0.134. The molecular weight excluding hydrogens is 270 g/mol. The monoisotopic (exact) mass is 293 g/mol. The van der Waals surface area contributed by atoms with Gasteiger partial charge in [0.2, 0.25) is 0 Å². The molecule has 1 aliphatic rings. The lowest BCUT2D eigenvalue weighted by Crippen LogP contribution is -2.37. The van der Waals surface area contributed by atoms with E-state index >= 15 is 0 Å². The van der Waals surface area contributed by atoms with Crippen molar-refractivity contribution in [2.75, 3.05) is 30.9 Å². The highest BCUT2D eigenvalue weighted by Gasteiger charge is 2.23. The number of rotatable bonds is 5. The Hall–Kier alpha value is -1.20. The molecule has 20 heavy (non-hydrogen) atoms. The molecule has 1 heterocycles. The molecule has 4 nitrogen and oxygen atoms in total. The molecule has 0 bridgehead atoms. The molecule has 0 saturated carbocycles. The van der Waals surface area contributed by atoms with Gasteiger partial charge in [-0.05, 0) is 43.6 Å². The number of hydrogen-bond donors (Lipinski definition) is 3. The van der Waals surface area contributed by atoms with E-state index in [2.05, 4.69) is 11.0 Å². The molecular formula is C15H23N3OS. The van der Waals surface area contributed by atoms with Gasteiger partial charge in [-0.3, -0.25) is 5.41 Å². The molecule has 2 rings (SSSR count). The predicted molar refractivity (Wildman–Crippen MR) is 85.9 cm³/mol. The molecule has 1 saturated heterocycles.